The summed E-state index contributed by atoms with van der Waals surface area (Å²) in [5, 5.41) is 17.6. The summed E-state index contributed by atoms with van der Waals surface area (Å²) in [6, 6.07) is 12.0. The Morgan fingerprint density at radius 3 is 2.52 bits per heavy atom. The predicted octanol–water partition coefficient (Wildman–Crippen LogP) is 6.28. The third kappa shape index (κ3) is 6.59. The van der Waals surface area contributed by atoms with Crippen molar-refractivity contribution in [1.29, 1.82) is 0 Å². The van der Waals surface area contributed by atoms with Crippen molar-refractivity contribution in [1.82, 2.24) is 0 Å². The number of ether oxygens (including phenoxy) is 1. The summed E-state index contributed by atoms with van der Waals surface area (Å²) in [6.45, 7) is 4.24. The molecule has 0 radical (unpaired) electrons. The van der Waals surface area contributed by atoms with Crippen LogP contribution in [0.5, 0.6) is 5.75 Å². The average Bonchev–Trinajstić information content (AvgIpc) is 2.65. The molecule has 0 atom stereocenters. The molecule has 0 heterocycles. The van der Waals surface area contributed by atoms with E-state index in [4.69, 9.17) is 4.74 Å². The van der Waals surface area contributed by atoms with Gasteiger partial charge in [0.1, 0.15) is 5.75 Å². The largest absolute Gasteiger partial charge is 0.506 e. The van der Waals surface area contributed by atoms with Gasteiger partial charge in [0.15, 0.2) is 0 Å². The quantitative estimate of drug-likeness (QED) is 0.301. The van der Waals surface area contributed by atoms with Gasteiger partial charge in [-0.2, -0.15) is 5.11 Å². The van der Waals surface area contributed by atoms with Crippen LogP contribution in [-0.2, 0) is 11.2 Å². The molecule has 0 aromatic heterocycles. The van der Waals surface area contributed by atoms with Crippen molar-refractivity contribution in [2.24, 2.45) is 15.2 Å². The fourth-order valence-electron chi connectivity index (χ4n) is 2.28. The van der Waals surface area contributed by atoms with Crippen LogP contribution in [0.4, 0.5) is 0 Å². The van der Waals surface area contributed by atoms with Crippen LogP contribution in [0.3, 0.4) is 0 Å². The number of hydrogen-bond acceptors (Lipinski definition) is 4. The number of aryl methyl sites for hydroxylation is 1. The minimum atomic E-state index is 0.212. The number of halogens is 2. The van der Waals surface area contributed by atoms with Gasteiger partial charge in [0, 0.05) is 24.1 Å². The maximum atomic E-state index is 9.86. The monoisotopic (exact) mass is 493 g/mol. The van der Waals surface area contributed by atoms with Crippen LogP contribution in [0.1, 0.15) is 23.6 Å². The summed E-state index contributed by atoms with van der Waals surface area (Å²) in [4.78, 5) is 4.30. The molecule has 0 spiro atoms. The van der Waals surface area contributed by atoms with E-state index in [0.29, 0.717) is 11.1 Å². The van der Waals surface area contributed by atoms with E-state index >= 15 is 0 Å². The van der Waals surface area contributed by atoms with Crippen LogP contribution < -0.4 is 0 Å². The van der Waals surface area contributed by atoms with E-state index in [9.17, 15) is 5.11 Å². The number of amidine groups is 1. The number of allylic oxidation sites excluding steroid dienone is 1. The van der Waals surface area contributed by atoms with Crippen LogP contribution in [0.15, 0.2) is 66.8 Å². The molecule has 0 fully saturated rings. The summed E-state index contributed by atoms with van der Waals surface area (Å²) < 4.78 is 7.35. The molecular weight excluding hydrogens is 474 g/mol. The normalized spacial score (nSPS) is 12.6. The minimum Gasteiger partial charge on any atom is -0.506 e. The van der Waals surface area contributed by atoms with Gasteiger partial charge in [-0.15, -0.1) is 0 Å². The smallest absolute Gasteiger partial charge is 0.335 e. The molecule has 0 amide bonds. The van der Waals surface area contributed by atoms with Crippen LogP contribution in [-0.4, -0.2) is 24.8 Å². The lowest BCUT2D eigenvalue weighted by Gasteiger charge is -2.07. The van der Waals surface area contributed by atoms with Gasteiger partial charge < -0.3 is 9.84 Å². The van der Waals surface area contributed by atoms with Crippen LogP contribution in [0.25, 0.3) is 5.57 Å². The number of aromatic hydroxyl groups is 1. The third-order valence-electron chi connectivity index (χ3n) is 3.80. The van der Waals surface area contributed by atoms with E-state index in [1.165, 1.54) is 5.56 Å². The fraction of sp³-hybridized carbons (Fsp3) is 0.250. The Hall–Kier alpha value is -1.99. The lowest BCUT2D eigenvalue weighted by Crippen LogP contribution is -2.05. The van der Waals surface area contributed by atoms with Crippen molar-refractivity contribution in [2.45, 2.75) is 20.3 Å². The molecule has 2 rings (SSSR count). The Morgan fingerprint density at radius 2 is 1.89 bits per heavy atom. The second-order valence-electron chi connectivity index (χ2n) is 5.87. The number of phenols is 1. The van der Waals surface area contributed by atoms with E-state index < -0.39 is 0 Å². The van der Waals surface area contributed by atoms with E-state index in [2.05, 4.69) is 47.1 Å². The fourth-order valence-corrected chi connectivity index (χ4v) is 3.10. The highest BCUT2D eigenvalue weighted by Gasteiger charge is 2.06. The van der Waals surface area contributed by atoms with Gasteiger partial charge in [-0.3, -0.25) is 0 Å². The number of azo groups is 1. The van der Waals surface area contributed by atoms with Crippen molar-refractivity contribution in [3.8, 4) is 5.75 Å². The highest BCUT2D eigenvalue weighted by atomic mass is 79.9. The van der Waals surface area contributed by atoms with Gasteiger partial charge in [-0.05, 0) is 76.3 Å². The molecule has 0 unspecified atom stereocenters. The highest BCUT2D eigenvalue weighted by Crippen LogP contribution is 2.31. The molecule has 0 bridgehead atoms. The van der Waals surface area contributed by atoms with E-state index in [-0.39, 0.29) is 11.8 Å². The van der Waals surface area contributed by atoms with Crippen molar-refractivity contribution in [3.05, 3.63) is 68.2 Å². The minimum absolute atomic E-state index is 0.212. The molecule has 1 N–H and O–H groups in total. The van der Waals surface area contributed by atoms with Crippen molar-refractivity contribution in [3.63, 3.8) is 0 Å². The van der Waals surface area contributed by atoms with E-state index in [1.807, 2.05) is 50.2 Å². The second-order valence-corrected chi connectivity index (χ2v) is 7.64. The zero-order valence-corrected chi connectivity index (χ0v) is 18.6. The molecular formula is C20H21Br2N3O2. The van der Waals surface area contributed by atoms with Crippen LogP contribution in [0.2, 0.25) is 0 Å². The highest BCUT2D eigenvalue weighted by molar-refractivity contribution is 9.10. The average molecular weight is 495 g/mol. The molecule has 0 aliphatic carbocycles. The first kappa shape index (κ1) is 21.3. The molecule has 0 saturated heterocycles. The molecule has 5 nitrogen and oxygen atoms in total. The molecule has 27 heavy (non-hydrogen) atoms. The number of nitrogens with zero attached hydrogens (tertiary/aromatic N) is 3. The van der Waals surface area contributed by atoms with Gasteiger partial charge >= 0.3 is 6.02 Å². The zero-order valence-electron chi connectivity index (χ0n) is 15.4. The van der Waals surface area contributed by atoms with Gasteiger partial charge in [0.2, 0.25) is 0 Å². The Morgan fingerprint density at radius 1 is 1.19 bits per heavy atom. The maximum absolute atomic E-state index is 9.86. The molecule has 0 aliphatic rings. The zero-order chi connectivity index (χ0) is 19.8. The first-order chi connectivity index (χ1) is 12.9. The maximum Gasteiger partial charge on any atom is 0.335 e. The van der Waals surface area contributed by atoms with E-state index in [0.717, 1.165) is 27.6 Å². The standard InChI is InChI=1S/C20H21Br2N3O2/c1-13-10-16(11-18(22)19(13)26)14(2)12-24-20(25-23-3)27-9-8-15-4-6-17(21)7-5-15/h4-7,10-12,26H,8-9H2,1-3H3/b14-12+,24-20?,25-23?. The summed E-state index contributed by atoms with van der Waals surface area (Å²) in [6.07, 6.45) is 2.43. The number of phenolic OH excluding ortho intramolecular Hbond substituents is 1. The van der Waals surface area contributed by atoms with E-state index in [1.54, 1.807) is 13.2 Å². The summed E-state index contributed by atoms with van der Waals surface area (Å²) in [5.41, 5.74) is 3.82. The van der Waals surface area contributed by atoms with Crippen molar-refractivity contribution < 1.29 is 9.84 Å². The van der Waals surface area contributed by atoms with Gasteiger partial charge in [0.05, 0.1) is 11.1 Å². The lowest BCUT2D eigenvalue weighted by molar-refractivity contribution is 0.302. The molecule has 7 heteroatoms. The molecule has 2 aromatic rings. The second kappa shape index (κ2) is 10.4. The summed E-state index contributed by atoms with van der Waals surface area (Å²) >= 11 is 6.78. The SMILES string of the molecule is CN=NC(=N/C=C(\C)c1cc(C)c(O)c(Br)c1)OCCc1ccc(Br)cc1. The topological polar surface area (TPSA) is 66.5 Å². The Balaban J connectivity index is 2.07. The Kier molecular flexibility index (Phi) is 8.19. The third-order valence-corrected chi connectivity index (χ3v) is 4.93. The molecule has 0 aliphatic heterocycles. The number of rotatable bonds is 5. The Labute approximate surface area is 176 Å². The first-order valence-corrected chi connectivity index (χ1v) is 9.90. The van der Waals surface area contributed by atoms with Crippen molar-refractivity contribution in [2.75, 3.05) is 13.7 Å². The van der Waals surface area contributed by atoms with Crippen LogP contribution in [0, 0.1) is 6.92 Å². The number of aliphatic imine (C=N–C) groups is 1. The van der Waals surface area contributed by atoms with Gasteiger partial charge in [-0.1, -0.05) is 33.2 Å². The first-order valence-electron chi connectivity index (χ1n) is 8.32. The molecule has 2 aromatic carbocycles. The summed E-state index contributed by atoms with van der Waals surface area (Å²) in [7, 11) is 1.57. The number of hydrogen-bond donors (Lipinski definition) is 1. The predicted molar refractivity (Wildman–Crippen MR) is 116 cm³/mol. The lowest BCUT2D eigenvalue weighted by atomic mass is 10.1. The molecule has 142 valence electrons. The summed E-state index contributed by atoms with van der Waals surface area (Å²) in [5.74, 6) is 0.242. The van der Waals surface area contributed by atoms with Crippen LogP contribution >= 0.6 is 31.9 Å². The Bertz CT molecular complexity index is 852. The van der Waals surface area contributed by atoms with Crippen molar-refractivity contribution >= 4 is 43.5 Å². The number of benzene rings is 2. The van der Waals surface area contributed by atoms with Gasteiger partial charge in [0.25, 0.3) is 0 Å². The molecule has 0 saturated carbocycles. The van der Waals surface area contributed by atoms with Gasteiger partial charge in [-0.25, -0.2) is 4.99 Å².